The van der Waals surface area contributed by atoms with Gasteiger partial charge in [0.1, 0.15) is 0 Å². The highest BCUT2D eigenvalue weighted by Gasteiger charge is 2.42. The van der Waals surface area contributed by atoms with E-state index in [1.54, 1.807) is 0 Å². The van der Waals surface area contributed by atoms with Crippen molar-refractivity contribution in [1.29, 1.82) is 0 Å². The summed E-state index contributed by atoms with van der Waals surface area (Å²) in [5.41, 5.74) is 4.02. The van der Waals surface area contributed by atoms with Crippen LogP contribution >= 0.6 is 0 Å². The first-order chi connectivity index (χ1) is 10.6. The maximum absolute atomic E-state index is 12.0. The number of aryl methyl sites for hydroxylation is 2. The van der Waals surface area contributed by atoms with Crippen LogP contribution in [0, 0.1) is 5.41 Å². The SMILES string of the molecule is CC(NC(=O)NCC1(CO)CC1)c1ccc2c(c1)CCCC2. The van der Waals surface area contributed by atoms with Crippen molar-refractivity contribution in [1.82, 2.24) is 10.6 Å². The van der Waals surface area contributed by atoms with Gasteiger partial charge in [0.05, 0.1) is 12.6 Å². The van der Waals surface area contributed by atoms with Crippen LogP contribution in [0.5, 0.6) is 0 Å². The molecule has 1 aromatic rings. The second kappa shape index (κ2) is 6.29. The van der Waals surface area contributed by atoms with Crippen molar-refractivity contribution in [2.75, 3.05) is 13.2 Å². The van der Waals surface area contributed by atoms with Crippen LogP contribution in [0.15, 0.2) is 18.2 Å². The van der Waals surface area contributed by atoms with Crippen molar-refractivity contribution >= 4 is 6.03 Å². The van der Waals surface area contributed by atoms with Crippen molar-refractivity contribution in [3.05, 3.63) is 34.9 Å². The van der Waals surface area contributed by atoms with Gasteiger partial charge in [-0.25, -0.2) is 4.79 Å². The topological polar surface area (TPSA) is 61.4 Å². The van der Waals surface area contributed by atoms with Crippen molar-refractivity contribution in [2.24, 2.45) is 5.41 Å². The molecule has 0 saturated heterocycles. The molecular formula is C18H26N2O2. The fraction of sp³-hybridized carbons (Fsp3) is 0.611. The Morgan fingerprint density at radius 2 is 2.00 bits per heavy atom. The maximum atomic E-state index is 12.0. The Labute approximate surface area is 132 Å². The van der Waals surface area contributed by atoms with E-state index in [1.807, 2.05) is 6.92 Å². The van der Waals surface area contributed by atoms with Gasteiger partial charge in [0, 0.05) is 12.0 Å². The molecule has 3 N–H and O–H groups in total. The monoisotopic (exact) mass is 302 g/mol. The zero-order valence-corrected chi connectivity index (χ0v) is 13.3. The molecular weight excluding hydrogens is 276 g/mol. The van der Waals surface area contributed by atoms with Crippen molar-refractivity contribution in [3.63, 3.8) is 0 Å². The van der Waals surface area contributed by atoms with Crippen molar-refractivity contribution in [2.45, 2.75) is 51.5 Å². The molecule has 0 aliphatic heterocycles. The summed E-state index contributed by atoms with van der Waals surface area (Å²) in [6, 6.07) is 6.44. The first kappa shape index (κ1) is 15.3. The Hall–Kier alpha value is -1.55. The van der Waals surface area contributed by atoms with E-state index in [2.05, 4.69) is 28.8 Å². The van der Waals surface area contributed by atoms with Crippen LogP contribution in [0.4, 0.5) is 4.79 Å². The lowest BCUT2D eigenvalue weighted by molar-refractivity contribution is 0.202. The molecule has 1 aromatic carbocycles. The van der Waals surface area contributed by atoms with Gasteiger partial charge in [0.2, 0.25) is 0 Å². The number of urea groups is 1. The minimum absolute atomic E-state index is 0.00324. The molecule has 1 saturated carbocycles. The lowest BCUT2D eigenvalue weighted by Crippen LogP contribution is -2.40. The number of nitrogens with one attached hydrogen (secondary N) is 2. The average Bonchev–Trinajstić information content (AvgIpc) is 3.33. The first-order valence-corrected chi connectivity index (χ1v) is 8.39. The van der Waals surface area contributed by atoms with Crippen LogP contribution in [0.3, 0.4) is 0 Å². The maximum Gasteiger partial charge on any atom is 0.315 e. The summed E-state index contributed by atoms with van der Waals surface area (Å²) >= 11 is 0. The number of carbonyl (C=O) groups excluding carboxylic acids is 1. The van der Waals surface area contributed by atoms with E-state index in [0.29, 0.717) is 6.54 Å². The second-order valence-electron chi connectivity index (χ2n) is 6.94. The molecule has 2 aliphatic carbocycles. The predicted molar refractivity (Wildman–Crippen MR) is 86.8 cm³/mol. The summed E-state index contributed by atoms with van der Waals surface area (Å²) < 4.78 is 0. The minimum atomic E-state index is -0.148. The van der Waals surface area contributed by atoms with Crippen LogP contribution in [-0.2, 0) is 12.8 Å². The molecule has 0 heterocycles. The lowest BCUT2D eigenvalue weighted by atomic mass is 9.89. The highest BCUT2D eigenvalue weighted by atomic mass is 16.3. The number of hydrogen-bond donors (Lipinski definition) is 3. The summed E-state index contributed by atoms with van der Waals surface area (Å²) in [4.78, 5) is 12.0. The van der Waals surface area contributed by atoms with Crippen LogP contribution in [0.1, 0.15) is 55.3 Å². The Morgan fingerprint density at radius 1 is 1.27 bits per heavy atom. The van der Waals surface area contributed by atoms with E-state index in [0.717, 1.165) is 19.3 Å². The smallest absolute Gasteiger partial charge is 0.315 e. The van der Waals surface area contributed by atoms with Gasteiger partial charge < -0.3 is 15.7 Å². The number of aliphatic hydroxyl groups excluding tert-OH is 1. The summed E-state index contributed by atoms with van der Waals surface area (Å²) in [6.07, 6.45) is 6.90. The number of fused-ring (bicyclic) bond motifs is 1. The highest BCUT2D eigenvalue weighted by Crippen LogP contribution is 2.44. The van der Waals surface area contributed by atoms with E-state index >= 15 is 0 Å². The van der Waals surface area contributed by atoms with Gasteiger partial charge in [-0.05, 0) is 62.1 Å². The molecule has 1 fully saturated rings. The van der Waals surface area contributed by atoms with Crippen molar-refractivity contribution in [3.8, 4) is 0 Å². The molecule has 2 aliphatic rings. The largest absolute Gasteiger partial charge is 0.396 e. The molecule has 1 unspecified atom stereocenters. The van der Waals surface area contributed by atoms with Crippen LogP contribution in [0.2, 0.25) is 0 Å². The zero-order valence-electron chi connectivity index (χ0n) is 13.3. The third-order valence-electron chi connectivity index (χ3n) is 5.14. The fourth-order valence-electron chi connectivity index (χ4n) is 3.19. The third-order valence-corrected chi connectivity index (χ3v) is 5.14. The van der Waals surface area contributed by atoms with Crippen molar-refractivity contribution < 1.29 is 9.90 Å². The average molecular weight is 302 g/mol. The van der Waals surface area contributed by atoms with Gasteiger partial charge in [-0.15, -0.1) is 0 Å². The van der Waals surface area contributed by atoms with Crippen LogP contribution in [0.25, 0.3) is 0 Å². The molecule has 4 nitrogen and oxygen atoms in total. The van der Waals surface area contributed by atoms with Crippen LogP contribution < -0.4 is 10.6 Å². The fourth-order valence-corrected chi connectivity index (χ4v) is 3.19. The van der Waals surface area contributed by atoms with E-state index in [-0.39, 0.29) is 24.1 Å². The lowest BCUT2D eigenvalue weighted by Gasteiger charge is -2.21. The van der Waals surface area contributed by atoms with E-state index < -0.39 is 0 Å². The summed E-state index contributed by atoms with van der Waals surface area (Å²) in [5.74, 6) is 0. The predicted octanol–water partition coefficient (Wildman–Crippen LogP) is 2.70. The Balaban J connectivity index is 1.54. The van der Waals surface area contributed by atoms with Gasteiger partial charge in [-0.2, -0.15) is 0 Å². The highest BCUT2D eigenvalue weighted by molar-refractivity contribution is 5.74. The molecule has 120 valence electrons. The van der Waals surface area contributed by atoms with Gasteiger partial charge in [-0.1, -0.05) is 18.2 Å². The van der Waals surface area contributed by atoms with Gasteiger partial charge >= 0.3 is 6.03 Å². The minimum Gasteiger partial charge on any atom is -0.396 e. The number of aliphatic hydroxyl groups is 1. The molecule has 3 rings (SSSR count). The quantitative estimate of drug-likeness (QED) is 0.783. The Morgan fingerprint density at radius 3 is 2.68 bits per heavy atom. The van der Waals surface area contributed by atoms with E-state index in [1.165, 1.54) is 36.0 Å². The molecule has 0 bridgehead atoms. The molecule has 2 amide bonds. The molecule has 0 spiro atoms. The zero-order chi connectivity index (χ0) is 15.6. The summed E-state index contributed by atoms with van der Waals surface area (Å²) in [5, 5.41) is 15.2. The molecule has 0 aromatic heterocycles. The third kappa shape index (κ3) is 3.43. The number of rotatable bonds is 5. The van der Waals surface area contributed by atoms with Gasteiger partial charge in [-0.3, -0.25) is 0 Å². The number of amides is 2. The second-order valence-corrected chi connectivity index (χ2v) is 6.94. The van der Waals surface area contributed by atoms with Gasteiger partial charge in [0.15, 0.2) is 0 Å². The molecule has 1 atom stereocenters. The van der Waals surface area contributed by atoms with Gasteiger partial charge in [0.25, 0.3) is 0 Å². The summed E-state index contributed by atoms with van der Waals surface area (Å²) in [7, 11) is 0. The summed E-state index contributed by atoms with van der Waals surface area (Å²) in [6.45, 7) is 2.74. The molecule has 0 radical (unpaired) electrons. The van der Waals surface area contributed by atoms with Crippen LogP contribution in [-0.4, -0.2) is 24.3 Å². The van der Waals surface area contributed by atoms with E-state index in [9.17, 15) is 9.90 Å². The Kier molecular flexibility index (Phi) is 4.39. The van der Waals surface area contributed by atoms with E-state index in [4.69, 9.17) is 0 Å². The number of benzene rings is 1. The standard InChI is InChI=1S/C18H26N2O2/c1-13(20-17(22)19-11-18(12-21)8-9-18)15-7-6-14-4-2-3-5-16(14)10-15/h6-7,10,13,21H,2-5,8-9,11-12H2,1H3,(H2,19,20,22). The molecule has 4 heteroatoms. The number of hydrogen-bond acceptors (Lipinski definition) is 2. The number of carbonyl (C=O) groups is 1. The first-order valence-electron chi connectivity index (χ1n) is 8.39. The normalized spacial score (nSPS) is 19.9. The molecule has 22 heavy (non-hydrogen) atoms. The Bertz CT molecular complexity index is 552.